The highest BCUT2D eigenvalue weighted by Gasteiger charge is 2.19. The normalized spacial score (nSPS) is 11.3. The van der Waals surface area contributed by atoms with Crippen LogP contribution in [0.2, 0.25) is 0 Å². The largest absolute Gasteiger partial charge is 0.330 e. The third kappa shape index (κ3) is 5.77. The third-order valence-electron chi connectivity index (χ3n) is 5.73. The van der Waals surface area contributed by atoms with Crippen LogP contribution < -0.4 is 16.6 Å². The molecule has 0 fully saturated rings. The number of H-pyrrole nitrogens is 1. The van der Waals surface area contributed by atoms with Gasteiger partial charge >= 0.3 is 5.69 Å². The van der Waals surface area contributed by atoms with Crippen LogP contribution in [0.1, 0.15) is 63.8 Å². The summed E-state index contributed by atoms with van der Waals surface area (Å²) in [4.78, 5) is 44.8. The quantitative estimate of drug-likeness (QED) is 0.427. The summed E-state index contributed by atoms with van der Waals surface area (Å²) in [7, 11) is 0. The highest BCUT2D eigenvalue weighted by Crippen LogP contribution is 2.18. The fourth-order valence-corrected chi connectivity index (χ4v) is 3.86. The van der Waals surface area contributed by atoms with E-state index in [1.165, 1.54) is 16.7 Å². The zero-order valence-corrected chi connectivity index (χ0v) is 19.5. The summed E-state index contributed by atoms with van der Waals surface area (Å²) < 4.78 is 16.9. The van der Waals surface area contributed by atoms with Crippen LogP contribution in [-0.4, -0.2) is 25.0 Å². The van der Waals surface area contributed by atoms with Gasteiger partial charge in [0.15, 0.2) is 11.2 Å². The van der Waals surface area contributed by atoms with Crippen molar-refractivity contribution in [1.82, 2.24) is 19.1 Å². The van der Waals surface area contributed by atoms with Gasteiger partial charge in [-0.05, 0) is 37.5 Å². The van der Waals surface area contributed by atoms with Gasteiger partial charge in [0.25, 0.3) is 5.56 Å². The predicted octanol–water partition coefficient (Wildman–Crippen LogP) is 3.90. The number of benzene rings is 1. The number of aryl methyl sites for hydroxylation is 4. The number of rotatable bonds is 11. The number of unbranched alkanes of at least 4 members (excludes halogenated alkanes) is 3. The Balaban J connectivity index is 1.91. The van der Waals surface area contributed by atoms with Gasteiger partial charge in [0.05, 0.1) is 0 Å². The van der Waals surface area contributed by atoms with Gasteiger partial charge < -0.3 is 9.88 Å². The lowest BCUT2D eigenvalue weighted by Crippen LogP contribution is -2.31. The Bertz CT molecular complexity index is 1240. The lowest BCUT2D eigenvalue weighted by Gasteiger charge is -2.10. The number of aromatic amines is 1. The number of fused-ring (bicyclic) bond motifs is 1. The van der Waals surface area contributed by atoms with Crippen LogP contribution in [0, 0.1) is 12.7 Å². The Morgan fingerprint density at radius 3 is 2.55 bits per heavy atom. The molecule has 9 heteroatoms. The Morgan fingerprint density at radius 1 is 1.09 bits per heavy atom. The Kier molecular flexibility index (Phi) is 8.19. The monoisotopic (exact) mass is 457 g/mol. The molecule has 8 nitrogen and oxygen atoms in total. The molecule has 0 spiro atoms. The van der Waals surface area contributed by atoms with Crippen molar-refractivity contribution in [2.75, 3.05) is 5.32 Å². The van der Waals surface area contributed by atoms with Gasteiger partial charge in [0, 0.05) is 31.6 Å². The van der Waals surface area contributed by atoms with E-state index in [9.17, 15) is 18.8 Å². The maximum absolute atomic E-state index is 13.5. The van der Waals surface area contributed by atoms with E-state index in [4.69, 9.17) is 0 Å². The summed E-state index contributed by atoms with van der Waals surface area (Å²) in [6, 6.07) is 4.25. The average Bonchev–Trinajstić information content (AvgIpc) is 3.13. The van der Waals surface area contributed by atoms with Crippen molar-refractivity contribution in [2.45, 2.75) is 78.8 Å². The lowest BCUT2D eigenvalue weighted by atomic mass is 10.2. The molecule has 33 heavy (non-hydrogen) atoms. The highest BCUT2D eigenvalue weighted by atomic mass is 19.1. The molecule has 178 valence electrons. The van der Waals surface area contributed by atoms with Crippen LogP contribution in [0.3, 0.4) is 0 Å². The highest BCUT2D eigenvalue weighted by molar-refractivity contribution is 5.91. The second-order valence-corrected chi connectivity index (χ2v) is 8.33. The number of aromatic nitrogens is 4. The van der Waals surface area contributed by atoms with Crippen molar-refractivity contribution in [3.8, 4) is 0 Å². The number of nitrogens with one attached hydrogen (secondary N) is 2. The summed E-state index contributed by atoms with van der Waals surface area (Å²) in [6.45, 7) is 6.97. The molecule has 2 aromatic heterocycles. The maximum Gasteiger partial charge on any atom is 0.330 e. The summed E-state index contributed by atoms with van der Waals surface area (Å²) in [5.74, 6) is -0.0976. The zero-order valence-electron chi connectivity index (χ0n) is 19.5. The van der Waals surface area contributed by atoms with E-state index < -0.39 is 17.1 Å². The number of anilines is 1. The number of carbonyl (C=O) groups excluding carboxylic acids is 1. The van der Waals surface area contributed by atoms with Crippen LogP contribution in [0.4, 0.5) is 10.1 Å². The van der Waals surface area contributed by atoms with Gasteiger partial charge in [-0.3, -0.25) is 19.1 Å². The van der Waals surface area contributed by atoms with Crippen molar-refractivity contribution < 1.29 is 9.18 Å². The van der Waals surface area contributed by atoms with Crippen molar-refractivity contribution in [3.05, 3.63) is 56.2 Å². The Hall–Kier alpha value is -3.23. The SMILES string of the molecule is CCCCCn1c(CCC(=O)Nc2cc(F)ccc2C)nc2c1c(=O)[nH]c(=O)n2CCCC. The molecular formula is C24H32FN5O3. The first-order valence-corrected chi connectivity index (χ1v) is 11.6. The molecule has 0 saturated carbocycles. The summed E-state index contributed by atoms with van der Waals surface area (Å²) >= 11 is 0. The van der Waals surface area contributed by atoms with Gasteiger partial charge in [-0.25, -0.2) is 14.2 Å². The number of imidazole rings is 1. The molecule has 3 rings (SSSR count). The molecule has 0 aliphatic rings. The molecule has 1 aromatic carbocycles. The molecule has 0 atom stereocenters. The zero-order chi connectivity index (χ0) is 24.0. The molecule has 0 radical (unpaired) electrons. The van der Waals surface area contributed by atoms with Crippen LogP contribution in [0.5, 0.6) is 0 Å². The number of halogens is 1. The van der Waals surface area contributed by atoms with E-state index in [0.29, 0.717) is 42.2 Å². The number of carbonyl (C=O) groups is 1. The second-order valence-electron chi connectivity index (χ2n) is 8.33. The maximum atomic E-state index is 13.5. The standard InChI is InChI=1S/C24H32FN5O3/c1-4-6-8-14-29-19(11-12-20(31)26-18-15-17(25)10-9-16(18)3)27-22-21(29)23(32)28-24(33)30(22)13-7-5-2/h9-10,15H,4-8,11-14H2,1-3H3,(H,26,31)(H,28,32,33). The average molecular weight is 458 g/mol. The number of hydrogen-bond acceptors (Lipinski definition) is 4. The molecule has 0 bridgehead atoms. The first kappa shape index (κ1) is 24.4. The van der Waals surface area contributed by atoms with Gasteiger partial charge in [-0.1, -0.05) is 39.2 Å². The molecular weight excluding hydrogens is 425 g/mol. The molecule has 0 aliphatic heterocycles. The number of nitrogens with zero attached hydrogens (tertiary/aromatic N) is 3. The van der Waals surface area contributed by atoms with Crippen molar-refractivity contribution in [3.63, 3.8) is 0 Å². The molecule has 0 unspecified atom stereocenters. The number of amides is 1. The summed E-state index contributed by atoms with van der Waals surface area (Å²) in [5.41, 5.74) is 1.01. The fourth-order valence-electron chi connectivity index (χ4n) is 3.86. The molecule has 0 aliphatic carbocycles. The third-order valence-corrected chi connectivity index (χ3v) is 5.73. The molecule has 2 heterocycles. The summed E-state index contributed by atoms with van der Waals surface area (Å²) in [5, 5.41) is 2.75. The van der Waals surface area contributed by atoms with Gasteiger partial charge in [-0.2, -0.15) is 0 Å². The Morgan fingerprint density at radius 2 is 1.82 bits per heavy atom. The van der Waals surface area contributed by atoms with Gasteiger partial charge in [0.1, 0.15) is 11.6 Å². The Labute approximate surface area is 191 Å². The van der Waals surface area contributed by atoms with Crippen LogP contribution >= 0.6 is 0 Å². The van der Waals surface area contributed by atoms with E-state index >= 15 is 0 Å². The first-order valence-electron chi connectivity index (χ1n) is 11.6. The lowest BCUT2D eigenvalue weighted by molar-refractivity contribution is -0.116. The molecule has 0 saturated heterocycles. The molecule has 2 N–H and O–H groups in total. The van der Waals surface area contributed by atoms with Crippen molar-refractivity contribution >= 4 is 22.8 Å². The molecule has 3 aromatic rings. The fraction of sp³-hybridized carbons (Fsp3) is 0.500. The number of hydrogen-bond donors (Lipinski definition) is 2. The van der Waals surface area contributed by atoms with Crippen LogP contribution in [-0.2, 0) is 24.3 Å². The predicted molar refractivity (Wildman–Crippen MR) is 127 cm³/mol. The minimum absolute atomic E-state index is 0.115. The van der Waals surface area contributed by atoms with Crippen molar-refractivity contribution in [1.29, 1.82) is 0 Å². The van der Waals surface area contributed by atoms with E-state index in [0.717, 1.165) is 37.7 Å². The summed E-state index contributed by atoms with van der Waals surface area (Å²) in [6.07, 6.45) is 4.97. The minimum Gasteiger partial charge on any atom is -0.326 e. The van der Waals surface area contributed by atoms with E-state index in [2.05, 4.69) is 22.2 Å². The van der Waals surface area contributed by atoms with Crippen LogP contribution in [0.15, 0.2) is 27.8 Å². The smallest absolute Gasteiger partial charge is 0.326 e. The minimum atomic E-state index is -0.468. The molecule has 1 amide bonds. The van der Waals surface area contributed by atoms with E-state index in [1.54, 1.807) is 13.0 Å². The van der Waals surface area contributed by atoms with Crippen LogP contribution in [0.25, 0.3) is 11.2 Å². The second kappa shape index (κ2) is 11.1. The first-order chi connectivity index (χ1) is 15.8. The topological polar surface area (TPSA) is 102 Å². The van der Waals surface area contributed by atoms with E-state index in [1.807, 2.05) is 11.5 Å². The van der Waals surface area contributed by atoms with Gasteiger partial charge in [-0.15, -0.1) is 0 Å². The van der Waals surface area contributed by atoms with E-state index in [-0.39, 0.29) is 12.3 Å². The van der Waals surface area contributed by atoms with Gasteiger partial charge in [0.2, 0.25) is 5.91 Å². The van der Waals surface area contributed by atoms with Crippen molar-refractivity contribution in [2.24, 2.45) is 0 Å².